The summed E-state index contributed by atoms with van der Waals surface area (Å²) in [6.45, 7) is 1.42. The van der Waals surface area contributed by atoms with Crippen LogP contribution in [-0.4, -0.2) is 58.0 Å². The molecule has 0 unspecified atom stereocenters. The Morgan fingerprint density at radius 1 is 1.23 bits per heavy atom. The van der Waals surface area contributed by atoms with Crippen LogP contribution in [0.4, 0.5) is 17.6 Å². The fourth-order valence-corrected chi connectivity index (χ4v) is 4.47. The van der Waals surface area contributed by atoms with E-state index in [1.807, 2.05) is 4.90 Å². The Balaban J connectivity index is 1.45. The van der Waals surface area contributed by atoms with Crippen molar-refractivity contribution < 1.29 is 27.5 Å². The maximum atomic E-state index is 13.7. The van der Waals surface area contributed by atoms with Gasteiger partial charge in [0.05, 0.1) is 21.8 Å². The number of fused-ring (bicyclic) bond motifs is 1. The number of piperidine rings is 1. The second-order valence-corrected chi connectivity index (χ2v) is 8.35. The Labute approximate surface area is 181 Å². The number of alkyl halides is 3. The van der Waals surface area contributed by atoms with E-state index in [9.17, 15) is 27.5 Å². The maximum Gasteiger partial charge on any atom is 0.417 e. The van der Waals surface area contributed by atoms with E-state index in [2.05, 4.69) is 4.98 Å². The predicted molar refractivity (Wildman–Crippen MR) is 105 cm³/mol. The predicted octanol–water partition coefficient (Wildman–Crippen LogP) is 3.70. The second-order valence-electron chi connectivity index (χ2n) is 7.98. The van der Waals surface area contributed by atoms with Gasteiger partial charge in [-0.2, -0.15) is 13.2 Å². The van der Waals surface area contributed by atoms with E-state index in [-0.39, 0.29) is 34.8 Å². The monoisotopic (exact) mass is 457 g/mol. The molecule has 0 aliphatic carbocycles. The largest absolute Gasteiger partial charge is 0.417 e. The molecule has 1 N–H and O–H groups in total. The number of aliphatic hydroxyl groups is 1. The van der Waals surface area contributed by atoms with Gasteiger partial charge in [-0.15, -0.1) is 0 Å². The zero-order valence-corrected chi connectivity index (χ0v) is 17.1. The van der Waals surface area contributed by atoms with Crippen LogP contribution in [0.25, 0.3) is 0 Å². The number of piperazine rings is 1. The normalized spacial score (nSPS) is 24.7. The molecule has 3 heterocycles. The van der Waals surface area contributed by atoms with Crippen LogP contribution in [0, 0.1) is 5.82 Å². The Bertz CT molecular complexity index is 986. The minimum Gasteiger partial charge on any atom is -0.382 e. The highest BCUT2D eigenvalue weighted by Gasteiger charge is 2.43. The molecule has 2 aromatic rings. The van der Waals surface area contributed by atoms with Gasteiger partial charge in [-0.1, -0.05) is 17.7 Å². The molecule has 2 aliphatic rings. The number of carbonyl (C=O) groups is 1. The SMILES string of the molecule is O=C(c1cccc(F)c1Cl)N1CCN2C[C@@](O)(c3ccc(C(F)(F)F)cn3)CC[C@@H]2C1. The number of rotatable bonds is 2. The first-order valence-corrected chi connectivity index (χ1v) is 10.2. The average molecular weight is 458 g/mol. The Hall–Kier alpha value is -2.23. The van der Waals surface area contributed by atoms with E-state index in [0.29, 0.717) is 32.5 Å². The van der Waals surface area contributed by atoms with Gasteiger partial charge in [0, 0.05) is 38.4 Å². The third-order valence-electron chi connectivity index (χ3n) is 6.00. The van der Waals surface area contributed by atoms with Crippen molar-refractivity contribution in [3.63, 3.8) is 0 Å². The smallest absolute Gasteiger partial charge is 0.382 e. The molecule has 0 saturated carbocycles. The topological polar surface area (TPSA) is 56.7 Å². The van der Waals surface area contributed by atoms with Gasteiger partial charge in [-0.25, -0.2) is 4.39 Å². The van der Waals surface area contributed by atoms with Crippen LogP contribution in [-0.2, 0) is 11.8 Å². The number of nitrogens with zero attached hydrogens (tertiary/aromatic N) is 3. The fourth-order valence-electron chi connectivity index (χ4n) is 4.26. The fraction of sp³-hybridized carbons (Fsp3) is 0.429. The molecule has 1 amide bonds. The van der Waals surface area contributed by atoms with Gasteiger partial charge in [0.25, 0.3) is 5.91 Å². The van der Waals surface area contributed by atoms with Crippen molar-refractivity contribution in [3.05, 3.63) is 64.2 Å². The molecule has 166 valence electrons. The van der Waals surface area contributed by atoms with Gasteiger partial charge in [-0.05, 0) is 37.1 Å². The van der Waals surface area contributed by atoms with Crippen LogP contribution in [0.2, 0.25) is 5.02 Å². The molecular weight excluding hydrogens is 438 g/mol. The summed E-state index contributed by atoms with van der Waals surface area (Å²) in [6, 6.07) is 6.22. The Morgan fingerprint density at radius 3 is 2.68 bits per heavy atom. The van der Waals surface area contributed by atoms with Gasteiger partial charge in [0.2, 0.25) is 0 Å². The first-order chi connectivity index (χ1) is 14.6. The van der Waals surface area contributed by atoms with Crippen LogP contribution >= 0.6 is 11.6 Å². The van der Waals surface area contributed by atoms with Gasteiger partial charge >= 0.3 is 6.18 Å². The molecule has 1 aromatic carbocycles. The van der Waals surface area contributed by atoms with E-state index < -0.39 is 23.2 Å². The third kappa shape index (κ3) is 4.26. The first kappa shape index (κ1) is 22.0. The lowest BCUT2D eigenvalue weighted by molar-refractivity contribution is -0.138. The van der Waals surface area contributed by atoms with Crippen LogP contribution in [0.1, 0.15) is 34.5 Å². The Morgan fingerprint density at radius 2 is 2.00 bits per heavy atom. The van der Waals surface area contributed by atoms with Gasteiger partial charge < -0.3 is 10.0 Å². The molecule has 2 saturated heterocycles. The lowest BCUT2D eigenvalue weighted by Crippen LogP contribution is -2.60. The highest BCUT2D eigenvalue weighted by molar-refractivity contribution is 6.34. The summed E-state index contributed by atoms with van der Waals surface area (Å²) in [5, 5.41) is 10.9. The van der Waals surface area contributed by atoms with Crippen LogP contribution in [0.15, 0.2) is 36.5 Å². The van der Waals surface area contributed by atoms with Crippen molar-refractivity contribution in [2.24, 2.45) is 0 Å². The lowest BCUT2D eigenvalue weighted by atomic mass is 9.84. The van der Waals surface area contributed by atoms with Crippen LogP contribution in [0.3, 0.4) is 0 Å². The number of benzene rings is 1. The van der Waals surface area contributed by atoms with Crippen molar-refractivity contribution in [1.82, 2.24) is 14.8 Å². The number of carbonyl (C=O) groups excluding carboxylic acids is 1. The van der Waals surface area contributed by atoms with E-state index in [0.717, 1.165) is 12.3 Å². The van der Waals surface area contributed by atoms with E-state index in [1.165, 1.54) is 24.3 Å². The molecule has 2 aliphatic heterocycles. The number of aromatic nitrogens is 1. The molecule has 2 atom stereocenters. The molecule has 10 heteroatoms. The van der Waals surface area contributed by atoms with E-state index in [1.54, 1.807) is 4.90 Å². The summed E-state index contributed by atoms with van der Waals surface area (Å²) < 4.78 is 52.0. The number of hydrogen-bond donors (Lipinski definition) is 1. The van der Waals surface area contributed by atoms with Crippen LogP contribution < -0.4 is 0 Å². The average Bonchev–Trinajstić information content (AvgIpc) is 2.74. The number of hydrogen-bond acceptors (Lipinski definition) is 4. The van der Waals surface area contributed by atoms with Crippen molar-refractivity contribution in [3.8, 4) is 0 Å². The zero-order chi connectivity index (χ0) is 22.4. The summed E-state index contributed by atoms with van der Waals surface area (Å²) in [5.41, 5.74) is -1.92. The molecule has 2 fully saturated rings. The summed E-state index contributed by atoms with van der Waals surface area (Å²) in [7, 11) is 0. The molecular formula is C21H20ClF4N3O2. The molecule has 31 heavy (non-hydrogen) atoms. The molecule has 4 rings (SSSR count). The summed E-state index contributed by atoms with van der Waals surface area (Å²) >= 11 is 5.95. The highest BCUT2D eigenvalue weighted by atomic mass is 35.5. The minimum absolute atomic E-state index is 0.0280. The molecule has 5 nitrogen and oxygen atoms in total. The van der Waals surface area contributed by atoms with Gasteiger partial charge in [0.1, 0.15) is 11.4 Å². The molecule has 1 aromatic heterocycles. The number of halogens is 5. The number of pyridine rings is 1. The quantitative estimate of drug-likeness (QED) is 0.699. The lowest BCUT2D eigenvalue weighted by Gasteiger charge is -2.49. The van der Waals surface area contributed by atoms with Crippen molar-refractivity contribution >= 4 is 17.5 Å². The van der Waals surface area contributed by atoms with Crippen molar-refractivity contribution in [2.75, 3.05) is 26.2 Å². The first-order valence-electron chi connectivity index (χ1n) is 9.82. The van der Waals surface area contributed by atoms with Gasteiger partial charge in [-0.3, -0.25) is 14.7 Å². The van der Waals surface area contributed by atoms with E-state index in [4.69, 9.17) is 11.6 Å². The summed E-state index contributed by atoms with van der Waals surface area (Å²) in [5.74, 6) is -1.01. The third-order valence-corrected chi connectivity index (χ3v) is 6.38. The number of amides is 1. The molecule has 0 radical (unpaired) electrons. The van der Waals surface area contributed by atoms with Crippen molar-refractivity contribution in [2.45, 2.75) is 30.7 Å². The highest BCUT2D eigenvalue weighted by Crippen LogP contribution is 2.36. The summed E-state index contributed by atoms with van der Waals surface area (Å²) in [6.07, 6.45) is -2.92. The molecule has 0 spiro atoms. The van der Waals surface area contributed by atoms with Gasteiger partial charge in [0.15, 0.2) is 0 Å². The van der Waals surface area contributed by atoms with Crippen molar-refractivity contribution in [1.29, 1.82) is 0 Å². The zero-order valence-electron chi connectivity index (χ0n) is 16.4. The van der Waals surface area contributed by atoms with E-state index >= 15 is 0 Å². The standard InChI is InChI=1S/C21H20ClF4N3O2/c22-18-15(2-1-3-16(18)23)19(30)28-8-9-29-12-20(31,7-6-14(29)11-28)17-5-4-13(10-27-17)21(24,25)26/h1-5,10,14,31H,6-9,11-12H2/t14-,20-/m1/s1. The molecule has 0 bridgehead atoms. The maximum absolute atomic E-state index is 13.7. The second kappa shape index (κ2) is 8.03. The Kier molecular flexibility index (Phi) is 5.70. The van der Waals surface area contributed by atoms with Crippen LogP contribution in [0.5, 0.6) is 0 Å². The minimum atomic E-state index is -4.49. The summed E-state index contributed by atoms with van der Waals surface area (Å²) in [4.78, 5) is 20.3.